The van der Waals surface area contributed by atoms with E-state index in [1.165, 1.54) is 80.5 Å². The van der Waals surface area contributed by atoms with Crippen LogP contribution in [0.25, 0.3) is 82.5 Å². The smallest absolute Gasteiger partial charge is 0.135 e. The Hall–Kier alpha value is -7.36. The fourth-order valence-electron chi connectivity index (χ4n) is 13.1. The Bertz CT molecular complexity index is 3650. The van der Waals surface area contributed by atoms with Crippen LogP contribution in [0.1, 0.15) is 38.2 Å². The largest absolute Gasteiger partial charge is 0.456 e. The predicted molar refractivity (Wildman–Crippen MR) is 271 cm³/mol. The first-order valence-corrected chi connectivity index (χ1v) is 23.6. The van der Waals surface area contributed by atoms with E-state index in [2.05, 4.69) is 211 Å². The molecule has 0 amide bonds. The topological polar surface area (TPSA) is 21.3 Å². The highest BCUT2D eigenvalue weighted by Gasteiger charge is 2.65. The fourth-order valence-corrected chi connectivity index (χ4v) is 13.1. The average Bonchev–Trinajstić information content (AvgIpc) is 3.77. The van der Waals surface area contributed by atoms with Crippen molar-refractivity contribution in [1.82, 2.24) is 4.57 Å². The Labute approximate surface area is 379 Å². The van der Waals surface area contributed by atoms with E-state index in [9.17, 15) is 0 Å². The predicted octanol–water partition coefficient (Wildman–Crippen LogP) is 17.0. The minimum absolute atomic E-state index is 0.418. The molecule has 0 N–H and O–H groups in total. The lowest BCUT2D eigenvalue weighted by atomic mass is 9.40. The molecule has 9 aromatic carbocycles. The molecule has 65 heavy (non-hydrogen) atoms. The highest BCUT2D eigenvalue weighted by atomic mass is 16.3. The van der Waals surface area contributed by atoms with Crippen LogP contribution in [0.5, 0.6) is 0 Å². The van der Waals surface area contributed by atoms with Crippen molar-refractivity contribution in [3.8, 4) is 27.9 Å². The van der Waals surface area contributed by atoms with Crippen molar-refractivity contribution in [2.75, 3.05) is 4.90 Å². The van der Waals surface area contributed by atoms with E-state index in [1.54, 1.807) is 5.56 Å². The van der Waals surface area contributed by atoms with Gasteiger partial charge in [0.15, 0.2) is 0 Å². The quantitative estimate of drug-likeness (QED) is 0.159. The molecule has 11 aromatic rings. The molecule has 2 heterocycles. The molecule has 3 nitrogen and oxygen atoms in total. The second-order valence-electron chi connectivity index (χ2n) is 19.5. The zero-order chi connectivity index (χ0) is 42.8. The summed E-state index contributed by atoms with van der Waals surface area (Å²) in [5, 5.41) is 7.28. The van der Waals surface area contributed by atoms with Gasteiger partial charge in [0.2, 0.25) is 0 Å². The van der Waals surface area contributed by atoms with Crippen molar-refractivity contribution in [3.05, 3.63) is 206 Å². The summed E-state index contributed by atoms with van der Waals surface area (Å²) < 4.78 is 8.74. The molecule has 3 heteroatoms. The summed E-state index contributed by atoms with van der Waals surface area (Å²) in [4.78, 5) is 2.38. The van der Waals surface area contributed by atoms with Crippen LogP contribution in [0.3, 0.4) is 0 Å². The van der Waals surface area contributed by atoms with E-state index in [-0.39, 0.29) is 0 Å². The standard InChI is InChI=1S/C62H48N2O/c1-39-33-45-35-57-56(45)38-62(57,37-39)46-24-17-40(18-25-46)41-19-26-47(27-20-41)63(50-30-32-60-55(36-50)53-14-5-7-16-59(53)65-60)48-28-21-42(22-29-48)44-10-8-11-49(34-44)64-58-15-6-4-13-52(58)54-31-23-43-9-2-3-12-51(43)61(54)64/h2-32,34,36,39,45,56-57H,33,35,37-38H2,1H3/t39-,45?,56+,57?,62?/m0/s1. The second kappa shape index (κ2) is 14.1. The van der Waals surface area contributed by atoms with Gasteiger partial charge in [0.25, 0.3) is 0 Å². The molecular weight excluding hydrogens is 789 g/mol. The third-order valence-corrected chi connectivity index (χ3v) is 16.1. The molecule has 5 saturated carbocycles. The van der Waals surface area contributed by atoms with Gasteiger partial charge in [-0.2, -0.15) is 0 Å². The maximum atomic E-state index is 6.29. The highest BCUT2D eigenvalue weighted by Crippen LogP contribution is 2.71. The van der Waals surface area contributed by atoms with Gasteiger partial charge in [-0.25, -0.2) is 0 Å². The summed E-state index contributed by atoms with van der Waals surface area (Å²) in [7, 11) is 0. The third-order valence-electron chi connectivity index (χ3n) is 16.1. The summed E-state index contributed by atoms with van der Waals surface area (Å²) in [6, 6.07) is 73.9. The van der Waals surface area contributed by atoms with Crippen LogP contribution in [-0.4, -0.2) is 4.57 Å². The van der Waals surface area contributed by atoms with Crippen LogP contribution in [0.2, 0.25) is 0 Å². The molecule has 312 valence electrons. The fraction of sp³-hybridized carbons (Fsp3) is 0.161. The molecule has 2 aromatic heterocycles. The number of furan rings is 1. The zero-order valence-corrected chi connectivity index (χ0v) is 36.5. The summed E-state index contributed by atoms with van der Waals surface area (Å²) in [6.45, 7) is 2.49. The first-order valence-electron chi connectivity index (χ1n) is 23.6. The zero-order valence-electron chi connectivity index (χ0n) is 36.5. The van der Waals surface area contributed by atoms with Crippen molar-refractivity contribution in [1.29, 1.82) is 0 Å². The molecule has 5 aliphatic rings. The van der Waals surface area contributed by atoms with Gasteiger partial charge in [-0.3, -0.25) is 0 Å². The van der Waals surface area contributed by atoms with Crippen molar-refractivity contribution >= 4 is 71.6 Å². The summed E-state index contributed by atoms with van der Waals surface area (Å²) in [5.41, 5.74) is 15.6. The van der Waals surface area contributed by atoms with Crippen molar-refractivity contribution in [3.63, 3.8) is 0 Å². The Morgan fingerprint density at radius 2 is 1.15 bits per heavy atom. The van der Waals surface area contributed by atoms with Gasteiger partial charge in [-0.1, -0.05) is 140 Å². The molecule has 0 saturated heterocycles. The number of para-hydroxylation sites is 2. The lowest BCUT2D eigenvalue weighted by Crippen LogP contribution is -2.59. The minimum atomic E-state index is 0.418. The van der Waals surface area contributed by atoms with Gasteiger partial charge in [0.1, 0.15) is 11.2 Å². The van der Waals surface area contributed by atoms with Gasteiger partial charge in [-0.05, 0) is 155 Å². The normalized spacial score (nSPS) is 21.1. The molecule has 5 atom stereocenters. The molecule has 0 aliphatic heterocycles. The van der Waals surface area contributed by atoms with Crippen molar-refractivity contribution < 1.29 is 4.42 Å². The van der Waals surface area contributed by atoms with Gasteiger partial charge in [-0.15, -0.1) is 0 Å². The Balaban J connectivity index is 0.829. The van der Waals surface area contributed by atoms with Crippen LogP contribution in [-0.2, 0) is 5.41 Å². The van der Waals surface area contributed by atoms with Crippen LogP contribution in [0.15, 0.2) is 205 Å². The Morgan fingerprint density at radius 1 is 0.492 bits per heavy atom. The van der Waals surface area contributed by atoms with Crippen LogP contribution in [0, 0.1) is 23.7 Å². The third kappa shape index (κ3) is 5.61. The average molecular weight is 837 g/mol. The maximum absolute atomic E-state index is 6.29. The lowest BCUT2D eigenvalue weighted by Gasteiger charge is -2.64. The molecule has 16 rings (SSSR count). The molecule has 0 radical (unpaired) electrons. The van der Waals surface area contributed by atoms with Gasteiger partial charge in [0.05, 0.1) is 11.0 Å². The molecule has 5 aliphatic carbocycles. The maximum Gasteiger partial charge on any atom is 0.135 e. The van der Waals surface area contributed by atoms with E-state index in [4.69, 9.17) is 4.42 Å². The second-order valence-corrected chi connectivity index (χ2v) is 19.5. The number of hydrogen-bond donors (Lipinski definition) is 0. The van der Waals surface area contributed by atoms with E-state index in [0.717, 1.165) is 68.4 Å². The van der Waals surface area contributed by atoms with Gasteiger partial charge >= 0.3 is 0 Å². The summed E-state index contributed by atoms with van der Waals surface area (Å²) >= 11 is 0. The molecular formula is C62H48N2O. The SMILES string of the molecule is C[C@H]1CC2CC3[C@@H]2CC3(c2ccc(-c3ccc(N(c4ccc(-c5cccc(-n6c7ccccc7c7ccc8ccccc8c76)c5)cc4)c4ccc5oc6ccccc6c5c4)cc3)cc2)C1. The number of rotatable bonds is 7. The molecule has 0 spiro atoms. The molecule has 3 unspecified atom stereocenters. The Kier molecular flexibility index (Phi) is 8.02. The monoisotopic (exact) mass is 836 g/mol. The van der Waals surface area contributed by atoms with Gasteiger partial charge in [0, 0.05) is 49.7 Å². The lowest BCUT2D eigenvalue weighted by molar-refractivity contribution is -0.0964. The van der Waals surface area contributed by atoms with Gasteiger partial charge < -0.3 is 13.9 Å². The van der Waals surface area contributed by atoms with E-state index in [0.29, 0.717) is 5.41 Å². The number of aromatic nitrogens is 1. The molecule has 4 bridgehead atoms. The minimum Gasteiger partial charge on any atom is -0.456 e. The van der Waals surface area contributed by atoms with E-state index >= 15 is 0 Å². The number of anilines is 3. The van der Waals surface area contributed by atoms with E-state index < -0.39 is 0 Å². The Morgan fingerprint density at radius 3 is 1.92 bits per heavy atom. The van der Waals surface area contributed by atoms with Crippen molar-refractivity contribution in [2.45, 2.75) is 38.0 Å². The van der Waals surface area contributed by atoms with E-state index in [1.807, 2.05) is 6.07 Å². The first kappa shape index (κ1) is 37.1. The number of benzene rings is 9. The summed E-state index contributed by atoms with van der Waals surface area (Å²) in [6.07, 6.45) is 5.67. The first-order chi connectivity index (χ1) is 32.1. The van der Waals surface area contributed by atoms with Crippen molar-refractivity contribution in [2.24, 2.45) is 23.7 Å². The van der Waals surface area contributed by atoms with Crippen LogP contribution in [0.4, 0.5) is 17.1 Å². The number of nitrogens with zero attached hydrogens (tertiary/aromatic N) is 2. The van der Waals surface area contributed by atoms with Crippen LogP contribution >= 0.6 is 0 Å². The molecule has 5 fully saturated rings. The summed E-state index contributed by atoms with van der Waals surface area (Å²) in [5.74, 6) is 3.74. The number of fused-ring (bicyclic) bond motifs is 8. The number of hydrogen-bond acceptors (Lipinski definition) is 2. The highest BCUT2D eigenvalue weighted by molar-refractivity contribution is 6.18. The van der Waals surface area contributed by atoms with Crippen LogP contribution < -0.4 is 4.90 Å².